The van der Waals surface area contributed by atoms with Crippen molar-refractivity contribution in [1.29, 1.82) is 0 Å². The van der Waals surface area contributed by atoms with Crippen LogP contribution >= 0.6 is 0 Å². The van der Waals surface area contributed by atoms with Crippen LogP contribution in [-0.4, -0.2) is 68.3 Å². The maximum absolute atomic E-state index is 15.3. The Morgan fingerprint density at radius 2 is 1.76 bits per heavy atom. The van der Waals surface area contributed by atoms with Crippen LogP contribution in [0.15, 0.2) is 24.4 Å². The molecule has 0 spiro atoms. The Balaban J connectivity index is 1.47. The molecule has 9 nitrogen and oxygen atoms in total. The van der Waals surface area contributed by atoms with Gasteiger partial charge < -0.3 is 25.4 Å². The number of nitrogens with one attached hydrogen (secondary N) is 3. The summed E-state index contributed by atoms with van der Waals surface area (Å²) in [5.41, 5.74) is -2.26. The van der Waals surface area contributed by atoms with E-state index in [0.717, 1.165) is 24.4 Å². The Hall–Kier alpha value is -3.82. The number of anilines is 2. The smallest absolute Gasteiger partial charge is 0.421 e. The summed E-state index contributed by atoms with van der Waals surface area (Å²) in [5.74, 6) is -6.60. The first-order valence-electron chi connectivity index (χ1n) is 14.5. The number of pyridine rings is 1. The van der Waals surface area contributed by atoms with Crippen molar-refractivity contribution < 1.29 is 49.8 Å². The number of aromatic nitrogens is 1. The van der Waals surface area contributed by atoms with Crippen LogP contribution in [0.3, 0.4) is 0 Å². The molecule has 3 heterocycles. The molecule has 45 heavy (non-hydrogen) atoms. The van der Waals surface area contributed by atoms with E-state index in [9.17, 15) is 31.5 Å². The Morgan fingerprint density at radius 3 is 2.33 bits per heavy atom. The number of methoxy groups -OCH3 is 1. The van der Waals surface area contributed by atoms with E-state index >= 15 is 8.78 Å². The molecular formula is C29H32F7N5O4. The number of halogens is 7. The topological polar surface area (TPSA) is 105 Å². The zero-order valence-corrected chi connectivity index (χ0v) is 24.1. The number of urea groups is 1. The summed E-state index contributed by atoms with van der Waals surface area (Å²) in [6.45, 7) is -0.137. The molecule has 16 heteroatoms. The van der Waals surface area contributed by atoms with Crippen molar-refractivity contribution in [1.82, 2.24) is 15.6 Å². The summed E-state index contributed by atoms with van der Waals surface area (Å²) in [4.78, 5) is 31.3. The number of ether oxygens (including phenoxy) is 2. The first-order chi connectivity index (χ1) is 21.4. The molecule has 0 radical (unpaired) electrons. The normalized spacial score (nSPS) is 25.5. The second-order valence-corrected chi connectivity index (χ2v) is 11.4. The molecule has 3 atom stereocenters. The molecule has 1 aromatic heterocycles. The second-order valence-electron chi connectivity index (χ2n) is 11.4. The highest BCUT2D eigenvalue weighted by Crippen LogP contribution is 2.44. The van der Waals surface area contributed by atoms with Crippen molar-refractivity contribution in [3.63, 3.8) is 0 Å². The van der Waals surface area contributed by atoms with E-state index in [4.69, 9.17) is 9.47 Å². The minimum atomic E-state index is -5.00. The lowest BCUT2D eigenvalue weighted by molar-refractivity contribution is -0.136. The Kier molecular flexibility index (Phi) is 9.60. The van der Waals surface area contributed by atoms with Gasteiger partial charge in [-0.1, -0.05) is 0 Å². The van der Waals surface area contributed by atoms with Crippen LogP contribution in [-0.2, 0) is 15.7 Å². The van der Waals surface area contributed by atoms with Gasteiger partial charge in [-0.15, -0.1) is 0 Å². The third-order valence-electron chi connectivity index (χ3n) is 8.48. The van der Waals surface area contributed by atoms with Crippen molar-refractivity contribution in [2.24, 2.45) is 5.92 Å². The summed E-state index contributed by atoms with van der Waals surface area (Å²) in [7, 11) is 1.18. The van der Waals surface area contributed by atoms with Crippen molar-refractivity contribution in [2.75, 3.05) is 37.1 Å². The number of nitrogens with zero attached hydrogens (tertiary/aromatic N) is 2. The van der Waals surface area contributed by atoms with E-state index < -0.39 is 89.6 Å². The van der Waals surface area contributed by atoms with Crippen molar-refractivity contribution in [2.45, 2.75) is 68.7 Å². The number of carbonyl (C=O) groups excluding carboxylic acids is 2. The quantitative estimate of drug-likeness (QED) is 0.340. The van der Waals surface area contributed by atoms with Crippen LogP contribution in [0, 0.1) is 17.6 Å². The maximum atomic E-state index is 15.3. The highest BCUT2D eigenvalue weighted by atomic mass is 19.4. The lowest BCUT2D eigenvalue weighted by atomic mass is 9.86. The van der Waals surface area contributed by atoms with Crippen LogP contribution < -0.4 is 25.6 Å². The molecule has 3 amide bonds. The molecule has 1 aromatic carbocycles. The fraction of sp³-hybridized carbons (Fsp3) is 0.552. The van der Waals surface area contributed by atoms with Gasteiger partial charge in [0.25, 0.3) is 5.91 Å². The van der Waals surface area contributed by atoms with Gasteiger partial charge in [0.15, 0.2) is 0 Å². The first kappa shape index (κ1) is 32.6. The SMILES string of the molecule is COc1cc(F)c([C@@H]2CN(c3nccc(NC4CCOC4)c3C(F)(F)F)C(=O)[C@H]2NC(=O)N[C@H]2CC[C@H](C(F)F)CC2)c(F)c1. The van der Waals surface area contributed by atoms with E-state index in [1.807, 2.05) is 0 Å². The molecular weight excluding hydrogens is 615 g/mol. The third-order valence-corrected chi connectivity index (χ3v) is 8.48. The minimum Gasteiger partial charge on any atom is -0.497 e. The number of amides is 3. The average Bonchev–Trinajstić information content (AvgIpc) is 3.60. The number of hydrogen-bond donors (Lipinski definition) is 3. The van der Waals surface area contributed by atoms with E-state index in [1.165, 1.54) is 7.11 Å². The van der Waals surface area contributed by atoms with Gasteiger partial charge in [-0.2, -0.15) is 13.2 Å². The van der Waals surface area contributed by atoms with Crippen LogP contribution in [0.1, 0.15) is 49.1 Å². The lowest BCUT2D eigenvalue weighted by Crippen LogP contribution is -2.51. The third kappa shape index (κ3) is 7.05. The van der Waals surface area contributed by atoms with Crippen molar-refractivity contribution in [3.8, 4) is 5.75 Å². The Labute approximate surface area is 253 Å². The highest BCUT2D eigenvalue weighted by molar-refractivity contribution is 6.03. The molecule has 1 saturated carbocycles. The molecule has 3 N–H and O–H groups in total. The van der Waals surface area contributed by atoms with Gasteiger partial charge in [0.1, 0.15) is 34.8 Å². The molecule has 0 bridgehead atoms. The molecule has 5 rings (SSSR count). The van der Waals surface area contributed by atoms with E-state index in [1.54, 1.807) is 0 Å². The fourth-order valence-electron chi connectivity index (χ4n) is 6.18. The largest absolute Gasteiger partial charge is 0.497 e. The molecule has 2 aliphatic heterocycles. The Morgan fingerprint density at radius 1 is 1.07 bits per heavy atom. The van der Waals surface area contributed by atoms with Gasteiger partial charge >= 0.3 is 12.2 Å². The molecule has 2 saturated heterocycles. The average molecular weight is 648 g/mol. The van der Waals surface area contributed by atoms with Gasteiger partial charge in [-0.3, -0.25) is 9.69 Å². The van der Waals surface area contributed by atoms with Crippen molar-refractivity contribution >= 4 is 23.4 Å². The number of hydrogen-bond acceptors (Lipinski definition) is 6. The monoisotopic (exact) mass is 647 g/mol. The predicted octanol–water partition coefficient (Wildman–Crippen LogP) is 5.21. The molecule has 1 unspecified atom stereocenters. The van der Waals surface area contributed by atoms with E-state index in [-0.39, 0.29) is 43.7 Å². The molecule has 3 fully saturated rings. The number of benzene rings is 1. The molecule has 246 valence electrons. The number of rotatable bonds is 8. The number of alkyl halides is 5. The van der Waals surface area contributed by atoms with Crippen LogP contribution in [0.25, 0.3) is 0 Å². The van der Waals surface area contributed by atoms with Gasteiger partial charge in [0.2, 0.25) is 6.43 Å². The summed E-state index contributed by atoms with van der Waals surface area (Å²) >= 11 is 0. The standard InChI is InChI=1S/C29H32F7N5O4/c1-44-17-10-19(30)22(20(31)11-17)18-12-41(26-23(29(34,35)36)21(6-8-37-26)38-16-7-9-45-13-16)27(42)24(18)40-28(43)39-15-4-2-14(3-5-15)25(32)33/h6,8,10-11,14-16,18,24-25H,2-5,7,9,12-13H2,1H3,(H,37,38)(H2,39,40,43)/t14-,15-,16?,18-,24-/m0/s1. The van der Waals surface area contributed by atoms with Gasteiger partial charge in [-0.05, 0) is 38.2 Å². The highest BCUT2D eigenvalue weighted by Gasteiger charge is 2.49. The predicted molar refractivity (Wildman–Crippen MR) is 147 cm³/mol. The fourth-order valence-corrected chi connectivity index (χ4v) is 6.18. The lowest BCUT2D eigenvalue weighted by Gasteiger charge is -2.29. The summed E-state index contributed by atoms with van der Waals surface area (Å²) in [6.07, 6.45) is -5.18. The maximum Gasteiger partial charge on any atom is 0.421 e. The van der Waals surface area contributed by atoms with Gasteiger partial charge in [0, 0.05) is 54.9 Å². The van der Waals surface area contributed by atoms with E-state index in [2.05, 4.69) is 20.9 Å². The zero-order chi connectivity index (χ0) is 32.5. The molecule has 2 aromatic rings. The molecule has 1 aliphatic carbocycles. The summed E-state index contributed by atoms with van der Waals surface area (Å²) < 4.78 is 110. The van der Waals surface area contributed by atoms with Crippen LogP contribution in [0.4, 0.5) is 47.0 Å². The van der Waals surface area contributed by atoms with E-state index in [0.29, 0.717) is 17.9 Å². The van der Waals surface area contributed by atoms with Gasteiger partial charge in [0.05, 0.1) is 25.4 Å². The summed E-state index contributed by atoms with van der Waals surface area (Å²) in [5, 5.41) is 7.76. The number of carbonyl (C=O) groups is 2. The van der Waals surface area contributed by atoms with Crippen LogP contribution in [0.5, 0.6) is 5.75 Å². The first-order valence-corrected chi connectivity index (χ1v) is 14.5. The minimum absolute atomic E-state index is 0.160. The second kappa shape index (κ2) is 13.3. The van der Waals surface area contributed by atoms with Gasteiger partial charge in [-0.25, -0.2) is 27.3 Å². The molecule has 3 aliphatic rings. The van der Waals surface area contributed by atoms with Crippen molar-refractivity contribution in [3.05, 3.63) is 47.2 Å². The zero-order valence-electron chi connectivity index (χ0n) is 24.1. The Bertz CT molecular complexity index is 1370. The summed E-state index contributed by atoms with van der Waals surface area (Å²) in [6, 6.07) is -0.758. The van der Waals surface area contributed by atoms with Crippen LogP contribution in [0.2, 0.25) is 0 Å².